The van der Waals surface area contributed by atoms with Crippen LogP contribution in [0.15, 0.2) is 28.9 Å². The largest absolute Gasteiger partial charge is 0.467 e. The van der Waals surface area contributed by atoms with Gasteiger partial charge in [-0.1, -0.05) is 6.92 Å². The molecule has 2 aromatic rings. The molecular weight excluding hydrogens is 352 g/mol. The second-order valence-corrected chi connectivity index (χ2v) is 7.84. The Bertz CT molecular complexity index is 743. The number of hydrogen-bond donors (Lipinski definition) is 2. The molecule has 0 saturated carbocycles. The summed E-state index contributed by atoms with van der Waals surface area (Å²) in [6.45, 7) is 11.3. The molecule has 154 valence electrons. The van der Waals surface area contributed by atoms with Crippen molar-refractivity contribution in [1.82, 2.24) is 20.1 Å². The molecule has 0 atom stereocenters. The number of aromatic nitrogens is 1. The van der Waals surface area contributed by atoms with Crippen LogP contribution in [0.2, 0.25) is 0 Å². The summed E-state index contributed by atoms with van der Waals surface area (Å²) in [5, 5.41) is 6.68. The third kappa shape index (κ3) is 5.49. The highest BCUT2D eigenvalue weighted by Gasteiger charge is 2.21. The first-order valence-electron chi connectivity index (χ1n) is 10.5. The van der Waals surface area contributed by atoms with Gasteiger partial charge in [0.1, 0.15) is 5.76 Å². The SMILES string of the molecule is CCCNC(=O)CN1CCC(NCc2cc(C)n(Cc3ccco3)c2C)CC1. The van der Waals surface area contributed by atoms with Crippen molar-refractivity contribution in [3.8, 4) is 0 Å². The maximum Gasteiger partial charge on any atom is 0.234 e. The van der Waals surface area contributed by atoms with Crippen molar-refractivity contribution >= 4 is 5.91 Å². The first kappa shape index (κ1) is 20.7. The summed E-state index contributed by atoms with van der Waals surface area (Å²) in [5.41, 5.74) is 3.91. The average Bonchev–Trinajstić information content (AvgIpc) is 3.30. The Morgan fingerprint density at radius 2 is 2.07 bits per heavy atom. The van der Waals surface area contributed by atoms with Crippen LogP contribution in [0.5, 0.6) is 0 Å². The summed E-state index contributed by atoms with van der Waals surface area (Å²) in [6, 6.07) is 6.75. The molecule has 28 heavy (non-hydrogen) atoms. The molecular formula is C22H34N4O2. The molecule has 2 aromatic heterocycles. The maximum atomic E-state index is 11.9. The molecule has 1 saturated heterocycles. The van der Waals surface area contributed by atoms with Crippen LogP contribution in [-0.2, 0) is 17.9 Å². The van der Waals surface area contributed by atoms with Crippen molar-refractivity contribution in [3.05, 3.63) is 47.2 Å². The number of hydrogen-bond acceptors (Lipinski definition) is 4. The van der Waals surface area contributed by atoms with Crippen molar-refractivity contribution in [3.63, 3.8) is 0 Å². The number of furan rings is 1. The van der Waals surface area contributed by atoms with Crippen LogP contribution in [0.4, 0.5) is 0 Å². The van der Waals surface area contributed by atoms with E-state index in [1.54, 1.807) is 6.26 Å². The monoisotopic (exact) mass is 386 g/mol. The summed E-state index contributed by atoms with van der Waals surface area (Å²) in [5.74, 6) is 1.13. The lowest BCUT2D eigenvalue weighted by molar-refractivity contribution is -0.122. The van der Waals surface area contributed by atoms with Crippen LogP contribution < -0.4 is 10.6 Å². The van der Waals surface area contributed by atoms with Gasteiger partial charge in [0, 0.05) is 43.6 Å². The van der Waals surface area contributed by atoms with E-state index in [1.165, 1.54) is 17.0 Å². The average molecular weight is 387 g/mol. The second kappa shape index (κ2) is 9.94. The quantitative estimate of drug-likeness (QED) is 0.696. The molecule has 3 rings (SSSR count). The molecule has 0 aromatic carbocycles. The van der Waals surface area contributed by atoms with E-state index in [2.05, 4.69) is 46.9 Å². The first-order valence-corrected chi connectivity index (χ1v) is 10.5. The molecule has 0 aliphatic carbocycles. The second-order valence-electron chi connectivity index (χ2n) is 7.84. The van der Waals surface area contributed by atoms with Crippen molar-refractivity contribution in [2.24, 2.45) is 0 Å². The minimum Gasteiger partial charge on any atom is -0.467 e. The fraction of sp³-hybridized carbons (Fsp3) is 0.591. The predicted molar refractivity (Wildman–Crippen MR) is 111 cm³/mol. The van der Waals surface area contributed by atoms with E-state index in [-0.39, 0.29) is 5.91 Å². The van der Waals surface area contributed by atoms with Gasteiger partial charge < -0.3 is 19.6 Å². The van der Waals surface area contributed by atoms with E-state index in [0.717, 1.165) is 57.7 Å². The highest BCUT2D eigenvalue weighted by molar-refractivity contribution is 5.77. The zero-order valence-corrected chi connectivity index (χ0v) is 17.5. The normalized spacial score (nSPS) is 15.8. The van der Waals surface area contributed by atoms with E-state index in [1.807, 2.05) is 12.1 Å². The van der Waals surface area contributed by atoms with Crippen molar-refractivity contribution in [1.29, 1.82) is 0 Å². The van der Waals surface area contributed by atoms with E-state index >= 15 is 0 Å². The Morgan fingerprint density at radius 1 is 1.29 bits per heavy atom. The van der Waals surface area contributed by atoms with Gasteiger partial charge in [0.25, 0.3) is 0 Å². The molecule has 0 unspecified atom stereocenters. The topological polar surface area (TPSA) is 62.4 Å². The number of amides is 1. The van der Waals surface area contributed by atoms with Gasteiger partial charge in [-0.15, -0.1) is 0 Å². The standard InChI is InChI=1S/C22H34N4O2/c1-4-9-23-22(27)16-25-10-7-20(8-11-25)24-14-19-13-17(2)26(18(19)3)15-21-6-5-12-28-21/h5-6,12-13,20,24H,4,7-11,14-16H2,1-3H3,(H,23,27). The Morgan fingerprint density at radius 3 is 2.75 bits per heavy atom. The van der Waals surface area contributed by atoms with Crippen molar-refractivity contribution < 1.29 is 9.21 Å². The fourth-order valence-corrected chi connectivity index (χ4v) is 3.93. The molecule has 0 spiro atoms. The van der Waals surface area contributed by atoms with Gasteiger partial charge in [-0.2, -0.15) is 0 Å². The summed E-state index contributed by atoms with van der Waals surface area (Å²) in [7, 11) is 0. The third-order valence-corrected chi connectivity index (χ3v) is 5.68. The van der Waals surface area contributed by atoms with E-state index in [4.69, 9.17) is 4.42 Å². The number of piperidine rings is 1. The lowest BCUT2D eigenvalue weighted by Gasteiger charge is -2.32. The number of nitrogens with one attached hydrogen (secondary N) is 2. The lowest BCUT2D eigenvalue weighted by atomic mass is 10.0. The van der Waals surface area contributed by atoms with Gasteiger partial charge >= 0.3 is 0 Å². The van der Waals surface area contributed by atoms with E-state index in [0.29, 0.717) is 12.6 Å². The zero-order chi connectivity index (χ0) is 19.9. The Balaban J connectivity index is 1.45. The number of nitrogens with zero attached hydrogens (tertiary/aromatic N) is 2. The molecule has 1 aliphatic rings. The van der Waals surface area contributed by atoms with Crippen LogP contribution >= 0.6 is 0 Å². The lowest BCUT2D eigenvalue weighted by Crippen LogP contribution is -2.46. The molecule has 1 amide bonds. The van der Waals surface area contributed by atoms with Crippen LogP contribution in [0.25, 0.3) is 0 Å². The summed E-state index contributed by atoms with van der Waals surface area (Å²) >= 11 is 0. The molecule has 1 aliphatic heterocycles. The molecule has 6 nitrogen and oxygen atoms in total. The van der Waals surface area contributed by atoms with Gasteiger partial charge in [0.15, 0.2) is 0 Å². The molecule has 1 fully saturated rings. The smallest absolute Gasteiger partial charge is 0.234 e. The van der Waals surface area contributed by atoms with Gasteiger partial charge in [0.05, 0.1) is 19.4 Å². The summed E-state index contributed by atoms with van der Waals surface area (Å²) < 4.78 is 7.81. The molecule has 0 radical (unpaired) electrons. The minimum atomic E-state index is 0.150. The number of carbonyl (C=O) groups excluding carboxylic acids is 1. The number of likely N-dealkylation sites (tertiary alicyclic amines) is 1. The summed E-state index contributed by atoms with van der Waals surface area (Å²) in [4.78, 5) is 14.1. The van der Waals surface area contributed by atoms with Crippen LogP contribution in [0.1, 0.15) is 48.9 Å². The molecule has 2 N–H and O–H groups in total. The van der Waals surface area contributed by atoms with E-state index in [9.17, 15) is 4.79 Å². The number of rotatable bonds is 9. The van der Waals surface area contributed by atoms with E-state index < -0.39 is 0 Å². The van der Waals surface area contributed by atoms with Crippen molar-refractivity contribution in [2.75, 3.05) is 26.2 Å². The van der Waals surface area contributed by atoms with Crippen LogP contribution in [0, 0.1) is 13.8 Å². The maximum absolute atomic E-state index is 11.9. The highest BCUT2D eigenvalue weighted by atomic mass is 16.3. The third-order valence-electron chi connectivity index (χ3n) is 5.68. The molecule has 6 heteroatoms. The van der Waals surface area contributed by atoms with Crippen LogP contribution in [-0.4, -0.2) is 47.6 Å². The van der Waals surface area contributed by atoms with Gasteiger partial charge in [-0.25, -0.2) is 0 Å². The fourth-order valence-electron chi connectivity index (χ4n) is 3.93. The highest BCUT2D eigenvalue weighted by Crippen LogP contribution is 2.18. The Labute approximate surface area is 168 Å². The summed E-state index contributed by atoms with van der Waals surface area (Å²) in [6.07, 6.45) is 4.89. The first-order chi connectivity index (χ1) is 13.6. The van der Waals surface area contributed by atoms with Crippen LogP contribution in [0.3, 0.4) is 0 Å². The molecule has 3 heterocycles. The predicted octanol–water partition coefficient (Wildman–Crippen LogP) is 2.83. The van der Waals surface area contributed by atoms with Crippen molar-refractivity contribution in [2.45, 2.75) is 59.2 Å². The minimum absolute atomic E-state index is 0.150. The van der Waals surface area contributed by atoms with Gasteiger partial charge in [-0.05, 0) is 56.9 Å². The number of aryl methyl sites for hydroxylation is 1. The zero-order valence-electron chi connectivity index (χ0n) is 17.5. The number of carbonyl (C=O) groups is 1. The Kier molecular flexibility index (Phi) is 7.34. The molecule has 0 bridgehead atoms. The Hall–Kier alpha value is -2.05. The van der Waals surface area contributed by atoms with Gasteiger partial charge in [0.2, 0.25) is 5.91 Å². The van der Waals surface area contributed by atoms with Gasteiger partial charge in [-0.3, -0.25) is 9.69 Å².